The maximum absolute atomic E-state index is 14.4. The molecule has 3 aliphatic heterocycles. The standard InChI is InChI=1S/C52H85N5O14/c1-14-39-52(10,64)45(61)32(4)42(59)30(2)28-51(9,66-13)47(33(5)44(34(6)48(63)69-39)70-41-29-50(8,65-12)46(62)35(7)68-41)71-49-43(60)38(27-31(3)67-49)56(11)25-16-18-40(58)53-23-15-17-36-19-21-37(22-20-36)57-26-24-54-55-57/h19-22,24,26,30-35,38-39,41,43-47,49,60-62,64H,14-18,23,25,27-29H2,1-13H3,(H,53,58)/t30-,31-,32+,33+,34-,35+,38+,39-,41+,43-,44+,45-,46+,47-,49-,50-,51-,52-/m1/s1. The zero-order chi connectivity index (χ0) is 52.6. The molecule has 71 heavy (non-hydrogen) atoms. The van der Waals surface area contributed by atoms with Crippen LogP contribution in [-0.2, 0) is 54.0 Å². The Morgan fingerprint density at radius 2 is 1.59 bits per heavy atom. The predicted molar refractivity (Wildman–Crippen MR) is 262 cm³/mol. The minimum absolute atomic E-state index is 0.0538. The number of carbonyl (C=O) groups is 3. The summed E-state index contributed by atoms with van der Waals surface area (Å²) >= 11 is 0. The van der Waals surface area contributed by atoms with Crippen LogP contribution in [0.3, 0.4) is 0 Å². The van der Waals surface area contributed by atoms with E-state index in [1.54, 1.807) is 65.5 Å². The van der Waals surface area contributed by atoms with Crippen LogP contribution in [0.1, 0.15) is 120 Å². The number of nitrogens with zero attached hydrogens (tertiary/aromatic N) is 4. The number of aryl methyl sites for hydroxylation is 1. The second-order valence-electron chi connectivity index (χ2n) is 21.2. The molecule has 2 aromatic rings. The summed E-state index contributed by atoms with van der Waals surface area (Å²) in [6, 6.07) is 7.63. The lowest BCUT2D eigenvalue weighted by Crippen LogP contribution is -2.61. The topological polar surface area (TPSA) is 243 Å². The van der Waals surface area contributed by atoms with E-state index in [9.17, 15) is 34.8 Å². The molecule has 0 aliphatic carbocycles. The molecule has 5 rings (SSSR count). The highest BCUT2D eigenvalue weighted by Crippen LogP contribution is 2.42. The molecule has 1 aromatic heterocycles. The van der Waals surface area contributed by atoms with Gasteiger partial charge >= 0.3 is 5.97 Å². The van der Waals surface area contributed by atoms with Gasteiger partial charge < -0.3 is 63.8 Å². The number of cyclic esters (lactones) is 1. The molecule has 3 aliphatic rings. The molecular formula is C52H85N5O14. The zero-order valence-corrected chi connectivity index (χ0v) is 44.4. The van der Waals surface area contributed by atoms with Crippen molar-refractivity contribution in [2.45, 2.75) is 205 Å². The van der Waals surface area contributed by atoms with Gasteiger partial charge in [0.1, 0.15) is 29.7 Å². The summed E-state index contributed by atoms with van der Waals surface area (Å²) in [6.45, 7) is 18.0. The second kappa shape index (κ2) is 25.2. The average Bonchev–Trinajstić information content (AvgIpc) is 3.89. The summed E-state index contributed by atoms with van der Waals surface area (Å²) in [5.41, 5.74) is -2.33. The van der Waals surface area contributed by atoms with Crippen LogP contribution in [0.25, 0.3) is 5.69 Å². The van der Waals surface area contributed by atoms with Crippen molar-refractivity contribution in [3.63, 3.8) is 0 Å². The normalized spacial score (nSPS) is 38.9. The minimum atomic E-state index is -2.00. The van der Waals surface area contributed by atoms with Gasteiger partial charge in [0, 0.05) is 57.4 Å². The van der Waals surface area contributed by atoms with Gasteiger partial charge in [0.05, 0.1) is 65.7 Å². The van der Waals surface area contributed by atoms with Gasteiger partial charge in [-0.25, -0.2) is 4.68 Å². The van der Waals surface area contributed by atoms with E-state index in [0.29, 0.717) is 32.4 Å². The Morgan fingerprint density at radius 3 is 2.21 bits per heavy atom. The molecule has 5 N–H and O–H groups in total. The maximum atomic E-state index is 14.4. The number of aromatic nitrogens is 3. The van der Waals surface area contributed by atoms with E-state index in [4.69, 9.17) is 33.2 Å². The smallest absolute Gasteiger partial charge is 0.311 e. The van der Waals surface area contributed by atoms with E-state index < -0.39 is 108 Å². The third-order valence-electron chi connectivity index (χ3n) is 15.7. The number of hydrogen-bond acceptors (Lipinski definition) is 17. The number of aliphatic hydroxyl groups is 4. The van der Waals surface area contributed by atoms with Crippen LogP contribution in [0, 0.1) is 23.7 Å². The molecule has 0 radical (unpaired) electrons. The number of ketones is 1. The number of hydrogen-bond donors (Lipinski definition) is 5. The van der Waals surface area contributed by atoms with Crippen molar-refractivity contribution >= 4 is 17.7 Å². The predicted octanol–water partition coefficient (Wildman–Crippen LogP) is 3.92. The number of esters is 1. The Balaban J connectivity index is 1.35. The summed E-state index contributed by atoms with van der Waals surface area (Å²) in [5.74, 6) is -4.81. The lowest BCUT2D eigenvalue weighted by atomic mass is 9.74. The SMILES string of the molecule is CC[C@H]1OC(=O)[C@H](C)[C@@H](O[C@H]2C[C@@](C)(OC)[C@@H](O)[C@H](C)O2)[C@H](C)[C@@H](O[C@H]2O[C@H](C)C[C@H](N(C)CCCC(=O)NCCCc3ccc(-n4ccnn4)cc3)[C@H]2O)[C@](C)(OC)C[C@@H](C)C(=O)[C@H](C)[C@@H](O)[C@]1(C)O. The van der Waals surface area contributed by atoms with E-state index in [0.717, 1.165) is 24.1 Å². The third kappa shape index (κ3) is 14.0. The Morgan fingerprint density at radius 1 is 0.915 bits per heavy atom. The number of nitrogens with one attached hydrogen (secondary N) is 1. The fourth-order valence-corrected chi connectivity index (χ4v) is 10.9. The van der Waals surface area contributed by atoms with Crippen LogP contribution in [0.15, 0.2) is 36.7 Å². The minimum Gasteiger partial charge on any atom is -0.459 e. The highest BCUT2D eigenvalue weighted by molar-refractivity contribution is 5.83. The number of benzene rings is 1. The number of methoxy groups -OCH3 is 2. The highest BCUT2D eigenvalue weighted by Gasteiger charge is 2.54. The maximum Gasteiger partial charge on any atom is 0.311 e. The van der Waals surface area contributed by atoms with Crippen LogP contribution in [0.5, 0.6) is 0 Å². The Labute approximate surface area is 420 Å². The molecule has 0 spiro atoms. The van der Waals surface area contributed by atoms with Crippen molar-refractivity contribution in [1.82, 2.24) is 25.2 Å². The van der Waals surface area contributed by atoms with E-state index >= 15 is 0 Å². The van der Waals surface area contributed by atoms with Gasteiger partial charge in [-0.1, -0.05) is 45.0 Å². The first-order valence-corrected chi connectivity index (χ1v) is 25.6. The van der Waals surface area contributed by atoms with Crippen LogP contribution < -0.4 is 5.32 Å². The van der Waals surface area contributed by atoms with E-state index in [1.165, 1.54) is 21.1 Å². The largest absolute Gasteiger partial charge is 0.459 e. The Hall–Kier alpha value is -3.47. The van der Waals surface area contributed by atoms with Crippen molar-refractivity contribution in [2.24, 2.45) is 23.7 Å². The van der Waals surface area contributed by atoms with Gasteiger partial charge in [-0.05, 0) is 111 Å². The fraction of sp³-hybridized carbons (Fsp3) is 0.788. The molecule has 1 aromatic carbocycles. The van der Waals surface area contributed by atoms with Crippen LogP contribution in [0.4, 0.5) is 0 Å². The number of ether oxygens (including phenoxy) is 7. The number of aliphatic hydroxyl groups excluding tert-OH is 3. The van der Waals surface area contributed by atoms with Crippen LogP contribution in [-0.4, -0.2) is 177 Å². The average molecular weight is 1000 g/mol. The number of amides is 1. The number of likely N-dealkylation sites (N-methyl/N-ethyl adjacent to an activating group) is 1. The summed E-state index contributed by atoms with van der Waals surface area (Å²) in [5, 5.41) is 57.5. The lowest BCUT2D eigenvalue weighted by molar-refractivity contribution is -0.319. The van der Waals surface area contributed by atoms with Crippen LogP contribution in [0.2, 0.25) is 0 Å². The molecule has 3 fully saturated rings. The quantitative estimate of drug-likeness (QED) is 0.111. The molecule has 0 saturated carbocycles. The van der Waals surface area contributed by atoms with E-state index in [1.807, 2.05) is 50.1 Å². The van der Waals surface area contributed by atoms with Crippen LogP contribution >= 0.6 is 0 Å². The number of rotatable bonds is 17. The first kappa shape index (κ1) is 58.4. The monoisotopic (exact) mass is 1000 g/mol. The lowest BCUT2D eigenvalue weighted by Gasteiger charge is -2.50. The van der Waals surface area contributed by atoms with E-state index in [-0.39, 0.29) is 37.1 Å². The number of carbonyl (C=O) groups excluding carboxylic acids is 3. The van der Waals surface area contributed by atoms with Crippen molar-refractivity contribution < 1.29 is 68.0 Å². The molecule has 402 valence electrons. The summed E-state index contributed by atoms with van der Waals surface area (Å²) in [6.07, 6.45) is -3.81. The van der Waals surface area contributed by atoms with Gasteiger partial charge in [0.2, 0.25) is 5.91 Å². The van der Waals surface area contributed by atoms with Gasteiger partial charge in [-0.15, -0.1) is 5.10 Å². The third-order valence-corrected chi connectivity index (χ3v) is 15.7. The molecular weight excluding hydrogens is 919 g/mol. The Kier molecular flexibility index (Phi) is 20.7. The molecule has 18 atom stereocenters. The first-order chi connectivity index (χ1) is 33.4. The molecule has 0 unspecified atom stereocenters. The number of Topliss-reactive ketones (excluding diaryl/α,β-unsaturated/α-hetero) is 1. The molecule has 19 nitrogen and oxygen atoms in total. The van der Waals surface area contributed by atoms with Gasteiger partial charge in [0.15, 0.2) is 12.6 Å². The van der Waals surface area contributed by atoms with Crippen molar-refractivity contribution in [1.29, 1.82) is 0 Å². The van der Waals surface area contributed by atoms with Gasteiger partial charge in [-0.3, -0.25) is 14.4 Å². The summed E-state index contributed by atoms with van der Waals surface area (Å²) in [7, 11) is 4.89. The molecule has 19 heteroatoms. The first-order valence-electron chi connectivity index (χ1n) is 25.6. The summed E-state index contributed by atoms with van der Waals surface area (Å²) < 4.78 is 46.3. The molecule has 0 bridgehead atoms. The van der Waals surface area contributed by atoms with E-state index in [2.05, 4.69) is 15.6 Å². The zero-order valence-electron chi connectivity index (χ0n) is 44.4. The molecule has 1 amide bonds. The molecule has 3 saturated heterocycles. The van der Waals surface area contributed by atoms with Gasteiger partial charge in [-0.2, -0.15) is 0 Å². The fourth-order valence-electron chi connectivity index (χ4n) is 10.9. The highest BCUT2D eigenvalue weighted by atomic mass is 16.7. The van der Waals surface area contributed by atoms with Crippen molar-refractivity contribution in [2.75, 3.05) is 34.4 Å². The van der Waals surface area contributed by atoms with Crippen molar-refractivity contribution in [3.8, 4) is 5.69 Å². The van der Waals surface area contributed by atoms with Crippen molar-refractivity contribution in [3.05, 3.63) is 42.2 Å². The molecule has 4 heterocycles. The Bertz CT molecular complexity index is 1990. The second-order valence-corrected chi connectivity index (χ2v) is 21.2. The summed E-state index contributed by atoms with van der Waals surface area (Å²) in [4.78, 5) is 43.6. The van der Waals surface area contributed by atoms with Gasteiger partial charge in [0.25, 0.3) is 0 Å².